The number of rotatable bonds is 3. The average Bonchev–Trinajstić information content (AvgIpc) is 3.07. The Balaban J connectivity index is 1.33. The van der Waals surface area contributed by atoms with Crippen LogP contribution in [0.25, 0.3) is 0 Å². The summed E-state index contributed by atoms with van der Waals surface area (Å²) < 4.78 is 5.98. The molecule has 0 saturated heterocycles. The van der Waals surface area contributed by atoms with E-state index in [2.05, 4.69) is 47.8 Å². The Morgan fingerprint density at radius 2 is 1.50 bits per heavy atom. The Kier molecular flexibility index (Phi) is 2.96. The van der Waals surface area contributed by atoms with E-state index in [0.717, 1.165) is 31.6 Å². The lowest BCUT2D eigenvalue weighted by atomic mass is 10.1. The largest absolute Gasteiger partial charge is 0.488 e. The van der Waals surface area contributed by atoms with Gasteiger partial charge in [-0.05, 0) is 35.6 Å². The highest BCUT2D eigenvalue weighted by Gasteiger charge is 2.25. The molecule has 1 aliphatic carbocycles. The summed E-state index contributed by atoms with van der Waals surface area (Å²) in [5.41, 5.74) is 4.34. The lowest BCUT2D eigenvalue weighted by molar-refractivity contribution is 0.221. The molecule has 0 saturated carbocycles. The van der Waals surface area contributed by atoms with E-state index >= 15 is 0 Å². The van der Waals surface area contributed by atoms with Crippen molar-refractivity contribution in [2.75, 3.05) is 6.54 Å². The maximum atomic E-state index is 5.98. The summed E-state index contributed by atoms with van der Waals surface area (Å²) in [6, 6.07) is 17.7. The zero-order chi connectivity index (χ0) is 13.4. The van der Waals surface area contributed by atoms with Crippen LogP contribution in [0, 0.1) is 0 Å². The van der Waals surface area contributed by atoms with Crippen molar-refractivity contribution in [1.29, 1.82) is 0 Å². The minimum Gasteiger partial charge on any atom is -0.488 e. The van der Waals surface area contributed by atoms with Crippen molar-refractivity contribution in [3.63, 3.8) is 0 Å². The zero-order valence-corrected chi connectivity index (χ0v) is 11.5. The van der Waals surface area contributed by atoms with Crippen LogP contribution in [-0.2, 0) is 19.3 Å². The van der Waals surface area contributed by atoms with E-state index < -0.39 is 0 Å². The van der Waals surface area contributed by atoms with Gasteiger partial charge in [0.1, 0.15) is 11.9 Å². The summed E-state index contributed by atoms with van der Waals surface area (Å²) in [6.45, 7) is 0.938. The molecule has 1 N–H and O–H groups in total. The van der Waals surface area contributed by atoms with Crippen LogP contribution in [0.1, 0.15) is 16.7 Å². The smallest absolute Gasteiger partial charge is 0.123 e. The first-order chi connectivity index (χ1) is 9.88. The minimum atomic E-state index is 0.288. The normalized spacial score (nSPS) is 20.5. The first-order valence-corrected chi connectivity index (χ1v) is 7.43. The minimum absolute atomic E-state index is 0.288. The lowest BCUT2D eigenvalue weighted by Gasteiger charge is -2.16. The molecule has 0 radical (unpaired) electrons. The summed E-state index contributed by atoms with van der Waals surface area (Å²) in [6.07, 6.45) is 3.62. The molecule has 20 heavy (non-hydrogen) atoms. The van der Waals surface area contributed by atoms with Crippen LogP contribution in [0.3, 0.4) is 0 Å². The van der Waals surface area contributed by atoms with Gasteiger partial charge in [-0.1, -0.05) is 42.5 Å². The highest BCUT2D eigenvalue weighted by molar-refractivity contribution is 5.37. The molecule has 4 rings (SSSR count). The second-order valence-corrected chi connectivity index (χ2v) is 5.83. The molecule has 2 aromatic carbocycles. The predicted octanol–water partition coefficient (Wildman–Crippen LogP) is 2.75. The number of benzene rings is 2. The second-order valence-electron chi connectivity index (χ2n) is 5.83. The molecular weight excluding hydrogens is 246 g/mol. The van der Waals surface area contributed by atoms with E-state index in [1.54, 1.807) is 0 Å². The molecule has 1 aliphatic heterocycles. The van der Waals surface area contributed by atoms with Crippen LogP contribution in [-0.4, -0.2) is 18.7 Å². The van der Waals surface area contributed by atoms with Crippen molar-refractivity contribution < 1.29 is 4.74 Å². The van der Waals surface area contributed by atoms with Gasteiger partial charge in [0.25, 0.3) is 0 Å². The van der Waals surface area contributed by atoms with Crippen molar-refractivity contribution in [3.8, 4) is 5.75 Å². The molecule has 2 heteroatoms. The number of para-hydroxylation sites is 1. The van der Waals surface area contributed by atoms with E-state index in [1.807, 2.05) is 6.07 Å². The van der Waals surface area contributed by atoms with Crippen molar-refractivity contribution in [3.05, 3.63) is 65.2 Å². The van der Waals surface area contributed by atoms with Gasteiger partial charge in [0.05, 0.1) is 0 Å². The second kappa shape index (κ2) is 4.95. The molecule has 1 atom stereocenters. The van der Waals surface area contributed by atoms with E-state index in [1.165, 1.54) is 16.7 Å². The van der Waals surface area contributed by atoms with E-state index in [4.69, 9.17) is 4.74 Å². The number of ether oxygens (including phenoxy) is 1. The zero-order valence-electron chi connectivity index (χ0n) is 11.5. The summed E-state index contributed by atoms with van der Waals surface area (Å²) >= 11 is 0. The monoisotopic (exact) mass is 265 g/mol. The Morgan fingerprint density at radius 1 is 0.850 bits per heavy atom. The third-order valence-electron chi connectivity index (χ3n) is 4.40. The molecule has 102 valence electrons. The van der Waals surface area contributed by atoms with Crippen LogP contribution in [0.4, 0.5) is 0 Å². The molecule has 0 spiro atoms. The fourth-order valence-electron chi connectivity index (χ4n) is 3.37. The number of nitrogens with one attached hydrogen (secondary N) is 1. The van der Waals surface area contributed by atoms with Gasteiger partial charge in [0, 0.05) is 19.0 Å². The molecule has 0 bridgehead atoms. The number of fused-ring (bicyclic) bond motifs is 2. The Morgan fingerprint density at radius 3 is 2.20 bits per heavy atom. The van der Waals surface area contributed by atoms with Gasteiger partial charge >= 0.3 is 0 Å². The Hall–Kier alpha value is -1.80. The molecule has 1 unspecified atom stereocenters. The first-order valence-electron chi connectivity index (χ1n) is 7.43. The predicted molar refractivity (Wildman–Crippen MR) is 80.2 cm³/mol. The van der Waals surface area contributed by atoms with E-state index in [9.17, 15) is 0 Å². The molecule has 2 aliphatic rings. The lowest BCUT2D eigenvalue weighted by Crippen LogP contribution is -2.37. The third-order valence-corrected chi connectivity index (χ3v) is 4.40. The topological polar surface area (TPSA) is 21.3 Å². The molecule has 2 nitrogen and oxygen atoms in total. The van der Waals surface area contributed by atoms with Crippen LogP contribution < -0.4 is 10.1 Å². The standard InChI is InChI=1S/C18H19NO/c1-2-6-14-10-16(9-13(14)5-1)19-12-17-11-15-7-3-4-8-18(15)20-17/h1-8,16-17,19H,9-12H2. The SMILES string of the molecule is c1ccc2c(c1)CC(NCC1Cc3ccccc3O1)C2. The maximum absolute atomic E-state index is 5.98. The van der Waals surface area contributed by atoms with Crippen LogP contribution in [0.15, 0.2) is 48.5 Å². The molecular formula is C18H19NO. The van der Waals surface area contributed by atoms with Gasteiger partial charge < -0.3 is 10.1 Å². The fraction of sp³-hybridized carbons (Fsp3) is 0.333. The summed E-state index contributed by atoms with van der Waals surface area (Å²) in [5, 5.41) is 3.68. The van der Waals surface area contributed by atoms with Gasteiger partial charge in [0.15, 0.2) is 0 Å². The van der Waals surface area contributed by atoms with Gasteiger partial charge in [0.2, 0.25) is 0 Å². The maximum Gasteiger partial charge on any atom is 0.123 e. The highest BCUT2D eigenvalue weighted by atomic mass is 16.5. The highest BCUT2D eigenvalue weighted by Crippen LogP contribution is 2.28. The molecule has 0 fully saturated rings. The van der Waals surface area contributed by atoms with Crippen molar-refractivity contribution >= 4 is 0 Å². The van der Waals surface area contributed by atoms with Crippen LogP contribution >= 0.6 is 0 Å². The summed E-state index contributed by atoms with van der Waals surface area (Å²) in [4.78, 5) is 0. The van der Waals surface area contributed by atoms with Crippen LogP contribution in [0.5, 0.6) is 5.75 Å². The molecule has 1 heterocycles. The Bertz CT molecular complexity index is 517. The number of hydrogen-bond acceptors (Lipinski definition) is 2. The summed E-state index contributed by atoms with van der Waals surface area (Å²) in [5.74, 6) is 1.06. The van der Waals surface area contributed by atoms with Gasteiger partial charge in [-0.25, -0.2) is 0 Å². The van der Waals surface area contributed by atoms with Gasteiger partial charge in [-0.15, -0.1) is 0 Å². The van der Waals surface area contributed by atoms with Crippen molar-refractivity contribution in [1.82, 2.24) is 5.32 Å². The van der Waals surface area contributed by atoms with Gasteiger partial charge in [-0.3, -0.25) is 0 Å². The van der Waals surface area contributed by atoms with Gasteiger partial charge in [-0.2, -0.15) is 0 Å². The van der Waals surface area contributed by atoms with Crippen molar-refractivity contribution in [2.45, 2.75) is 31.4 Å². The quantitative estimate of drug-likeness (QED) is 0.921. The van der Waals surface area contributed by atoms with E-state index in [-0.39, 0.29) is 6.10 Å². The summed E-state index contributed by atoms with van der Waals surface area (Å²) in [7, 11) is 0. The van der Waals surface area contributed by atoms with Crippen LogP contribution in [0.2, 0.25) is 0 Å². The fourth-order valence-corrected chi connectivity index (χ4v) is 3.37. The molecule has 0 amide bonds. The Labute approximate surface area is 119 Å². The average molecular weight is 265 g/mol. The van der Waals surface area contributed by atoms with E-state index in [0.29, 0.717) is 6.04 Å². The third kappa shape index (κ3) is 2.20. The number of hydrogen-bond donors (Lipinski definition) is 1. The molecule has 2 aromatic rings. The first kappa shape index (κ1) is 12.0. The van der Waals surface area contributed by atoms with Crippen molar-refractivity contribution in [2.24, 2.45) is 0 Å². The molecule has 0 aromatic heterocycles.